The second-order valence-electron chi connectivity index (χ2n) is 4.97. The van der Waals surface area contributed by atoms with Crippen LogP contribution >= 0.6 is 0 Å². The summed E-state index contributed by atoms with van der Waals surface area (Å²) in [5.41, 5.74) is 3.88. The van der Waals surface area contributed by atoms with Crippen LogP contribution in [0.15, 0.2) is 42.5 Å². The number of nitrogens with one attached hydrogen (secondary N) is 1. The highest BCUT2D eigenvalue weighted by molar-refractivity contribution is 6.46. The van der Waals surface area contributed by atoms with Crippen LogP contribution in [-0.2, 0) is 4.79 Å². The second kappa shape index (κ2) is 5.70. The Hall–Kier alpha value is -2.42. The van der Waals surface area contributed by atoms with Crippen molar-refractivity contribution in [3.63, 3.8) is 0 Å². The van der Waals surface area contributed by atoms with Gasteiger partial charge in [0.05, 0.1) is 0 Å². The highest BCUT2D eigenvalue weighted by Gasteiger charge is 2.18. The summed E-state index contributed by atoms with van der Waals surface area (Å²) >= 11 is 0. The van der Waals surface area contributed by atoms with E-state index >= 15 is 0 Å². The molecule has 0 aliphatic heterocycles. The van der Waals surface area contributed by atoms with Crippen LogP contribution in [-0.4, -0.2) is 11.7 Å². The molecule has 3 nitrogen and oxygen atoms in total. The highest BCUT2D eigenvalue weighted by Crippen LogP contribution is 2.14. The average molecular weight is 267 g/mol. The molecule has 0 fully saturated rings. The first-order valence-corrected chi connectivity index (χ1v) is 6.47. The first kappa shape index (κ1) is 14.0. The van der Waals surface area contributed by atoms with E-state index in [9.17, 15) is 9.59 Å². The molecule has 0 radical (unpaired) electrons. The standard InChI is InChI=1S/C17H17NO2/c1-11-5-4-6-14(9-11)18-17(20)16(19)15-10-12(2)7-8-13(15)3/h4-10H,1-3H3,(H,18,20). The Balaban J connectivity index is 2.21. The molecule has 0 saturated heterocycles. The normalized spacial score (nSPS) is 10.2. The Morgan fingerprint density at radius 1 is 0.900 bits per heavy atom. The van der Waals surface area contributed by atoms with Gasteiger partial charge in [-0.1, -0.05) is 29.8 Å². The molecule has 0 atom stereocenters. The molecule has 0 aliphatic rings. The van der Waals surface area contributed by atoms with Crippen LogP contribution in [0.1, 0.15) is 27.0 Å². The molecule has 102 valence electrons. The summed E-state index contributed by atoms with van der Waals surface area (Å²) in [6.07, 6.45) is 0. The van der Waals surface area contributed by atoms with Crippen LogP contribution in [0.2, 0.25) is 0 Å². The van der Waals surface area contributed by atoms with Crippen molar-refractivity contribution in [3.05, 3.63) is 64.7 Å². The Morgan fingerprint density at radius 2 is 1.60 bits per heavy atom. The maximum atomic E-state index is 12.2. The number of Topliss-reactive ketones (excluding diaryl/α,β-unsaturated/α-hetero) is 1. The molecule has 20 heavy (non-hydrogen) atoms. The molecule has 0 heterocycles. The molecule has 2 aromatic carbocycles. The number of hydrogen-bond donors (Lipinski definition) is 1. The van der Waals surface area contributed by atoms with E-state index in [0.29, 0.717) is 11.3 Å². The number of aryl methyl sites for hydroxylation is 3. The monoisotopic (exact) mass is 267 g/mol. The lowest BCUT2D eigenvalue weighted by Gasteiger charge is -2.08. The predicted octanol–water partition coefficient (Wildman–Crippen LogP) is 3.43. The third-order valence-corrected chi connectivity index (χ3v) is 3.12. The van der Waals surface area contributed by atoms with Gasteiger partial charge >= 0.3 is 0 Å². The number of ketones is 1. The third kappa shape index (κ3) is 3.12. The Labute approximate surface area is 118 Å². The van der Waals surface area contributed by atoms with E-state index < -0.39 is 11.7 Å². The molecule has 1 N–H and O–H groups in total. The SMILES string of the molecule is Cc1cccc(NC(=O)C(=O)c2cc(C)ccc2C)c1. The van der Waals surface area contributed by atoms with Crippen molar-refractivity contribution >= 4 is 17.4 Å². The molecule has 1 amide bonds. The summed E-state index contributed by atoms with van der Waals surface area (Å²) in [7, 11) is 0. The Kier molecular flexibility index (Phi) is 3.99. The Morgan fingerprint density at radius 3 is 2.30 bits per heavy atom. The lowest BCUT2D eigenvalue weighted by Crippen LogP contribution is -2.23. The molecule has 0 bridgehead atoms. The number of benzene rings is 2. The number of amides is 1. The van der Waals surface area contributed by atoms with E-state index in [0.717, 1.165) is 16.7 Å². The molecular formula is C17H17NO2. The smallest absolute Gasteiger partial charge is 0.296 e. The fourth-order valence-corrected chi connectivity index (χ4v) is 2.01. The summed E-state index contributed by atoms with van der Waals surface area (Å²) in [6.45, 7) is 5.66. The zero-order valence-corrected chi connectivity index (χ0v) is 11.9. The zero-order chi connectivity index (χ0) is 14.7. The minimum Gasteiger partial charge on any atom is -0.319 e. The quantitative estimate of drug-likeness (QED) is 0.684. The topological polar surface area (TPSA) is 46.2 Å². The van der Waals surface area contributed by atoms with Gasteiger partial charge in [0.1, 0.15) is 0 Å². The van der Waals surface area contributed by atoms with Crippen LogP contribution in [0.25, 0.3) is 0 Å². The van der Waals surface area contributed by atoms with Gasteiger partial charge in [0.15, 0.2) is 0 Å². The van der Waals surface area contributed by atoms with Gasteiger partial charge in [-0.3, -0.25) is 9.59 Å². The number of rotatable bonds is 3. The van der Waals surface area contributed by atoms with Crippen molar-refractivity contribution in [2.45, 2.75) is 20.8 Å². The second-order valence-corrected chi connectivity index (χ2v) is 4.97. The summed E-state index contributed by atoms with van der Waals surface area (Å²) in [6, 6.07) is 12.9. The van der Waals surface area contributed by atoms with Crippen molar-refractivity contribution in [3.8, 4) is 0 Å². The van der Waals surface area contributed by atoms with Gasteiger partial charge < -0.3 is 5.32 Å². The van der Waals surface area contributed by atoms with Gasteiger partial charge in [0, 0.05) is 11.3 Å². The van der Waals surface area contributed by atoms with E-state index in [1.807, 2.05) is 51.1 Å². The highest BCUT2D eigenvalue weighted by atomic mass is 16.2. The largest absolute Gasteiger partial charge is 0.319 e. The maximum Gasteiger partial charge on any atom is 0.296 e. The molecule has 0 spiro atoms. The van der Waals surface area contributed by atoms with Gasteiger partial charge in [0.2, 0.25) is 0 Å². The Bertz CT molecular complexity index is 674. The van der Waals surface area contributed by atoms with E-state index in [1.165, 1.54) is 0 Å². The minimum atomic E-state index is -0.607. The molecule has 3 heteroatoms. The van der Waals surface area contributed by atoms with Crippen LogP contribution in [0.5, 0.6) is 0 Å². The van der Waals surface area contributed by atoms with Crippen LogP contribution in [0, 0.1) is 20.8 Å². The van der Waals surface area contributed by atoms with Crippen molar-refractivity contribution in [1.29, 1.82) is 0 Å². The summed E-state index contributed by atoms with van der Waals surface area (Å²) in [4.78, 5) is 24.2. The molecule has 0 aliphatic carbocycles. The zero-order valence-electron chi connectivity index (χ0n) is 11.9. The third-order valence-electron chi connectivity index (χ3n) is 3.12. The lowest BCUT2D eigenvalue weighted by atomic mass is 10.0. The van der Waals surface area contributed by atoms with Gasteiger partial charge in [-0.15, -0.1) is 0 Å². The number of carbonyl (C=O) groups excluding carboxylic acids is 2. The first-order valence-electron chi connectivity index (χ1n) is 6.47. The molecule has 2 aromatic rings. The van der Waals surface area contributed by atoms with E-state index in [2.05, 4.69) is 5.32 Å². The lowest BCUT2D eigenvalue weighted by molar-refractivity contribution is -0.112. The number of anilines is 1. The molecule has 0 aromatic heterocycles. The predicted molar refractivity (Wildman–Crippen MR) is 80.1 cm³/mol. The molecule has 2 rings (SSSR count). The van der Waals surface area contributed by atoms with Gasteiger partial charge in [-0.25, -0.2) is 0 Å². The number of carbonyl (C=O) groups is 2. The van der Waals surface area contributed by atoms with Crippen molar-refractivity contribution in [2.75, 3.05) is 5.32 Å². The summed E-state index contributed by atoms with van der Waals surface area (Å²) in [5, 5.41) is 2.64. The van der Waals surface area contributed by atoms with Crippen LogP contribution in [0.4, 0.5) is 5.69 Å². The van der Waals surface area contributed by atoms with E-state index in [4.69, 9.17) is 0 Å². The molecule has 0 saturated carbocycles. The van der Waals surface area contributed by atoms with Crippen molar-refractivity contribution < 1.29 is 9.59 Å². The van der Waals surface area contributed by atoms with Gasteiger partial charge in [-0.05, 0) is 50.1 Å². The summed E-state index contributed by atoms with van der Waals surface area (Å²) in [5.74, 6) is -1.11. The number of hydrogen-bond acceptors (Lipinski definition) is 2. The molecule has 0 unspecified atom stereocenters. The van der Waals surface area contributed by atoms with Gasteiger partial charge in [0.25, 0.3) is 11.7 Å². The van der Waals surface area contributed by atoms with Gasteiger partial charge in [-0.2, -0.15) is 0 Å². The van der Waals surface area contributed by atoms with Crippen molar-refractivity contribution in [2.24, 2.45) is 0 Å². The summed E-state index contributed by atoms with van der Waals surface area (Å²) < 4.78 is 0. The van der Waals surface area contributed by atoms with Crippen LogP contribution < -0.4 is 5.32 Å². The fourth-order valence-electron chi connectivity index (χ4n) is 2.01. The first-order chi connectivity index (χ1) is 9.47. The van der Waals surface area contributed by atoms with E-state index in [-0.39, 0.29) is 0 Å². The minimum absolute atomic E-state index is 0.454. The molecular weight excluding hydrogens is 250 g/mol. The fraction of sp³-hybridized carbons (Fsp3) is 0.176. The van der Waals surface area contributed by atoms with Crippen molar-refractivity contribution in [1.82, 2.24) is 0 Å². The van der Waals surface area contributed by atoms with E-state index in [1.54, 1.807) is 12.1 Å². The average Bonchev–Trinajstić information content (AvgIpc) is 2.40. The maximum absolute atomic E-state index is 12.2. The van der Waals surface area contributed by atoms with Crippen LogP contribution in [0.3, 0.4) is 0 Å².